The fraction of sp³-hybridized carbons (Fsp3) is 1.00. The summed E-state index contributed by atoms with van der Waals surface area (Å²) in [5.41, 5.74) is 11.3. The summed E-state index contributed by atoms with van der Waals surface area (Å²) in [7, 11) is 0. The van der Waals surface area contributed by atoms with Gasteiger partial charge in [-0.2, -0.15) is 0 Å². The molecular formula is C8H16N2O4. The molecule has 0 saturated carbocycles. The second-order valence-corrected chi connectivity index (χ2v) is 3.69. The van der Waals surface area contributed by atoms with Gasteiger partial charge in [0.25, 0.3) is 0 Å². The molecule has 2 rings (SSSR count). The predicted molar refractivity (Wildman–Crippen MR) is 47.4 cm³/mol. The molecule has 0 aromatic heterocycles. The van der Waals surface area contributed by atoms with Crippen LogP contribution < -0.4 is 11.5 Å². The zero-order valence-corrected chi connectivity index (χ0v) is 7.98. The number of hydrogen-bond donors (Lipinski definition) is 2. The second kappa shape index (κ2) is 4.09. The van der Waals surface area contributed by atoms with Gasteiger partial charge in [0.15, 0.2) is 5.85 Å². The zero-order valence-electron chi connectivity index (χ0n) is 7.98. The first-order valence-corrected chi connectivity index (χ1v) is 4.68. The number of hydrogen-bond acceptors (Lipinski definition) is 6. The third-order valence-electron chi connectivity index (χ3n) is 1.97. The van der Waals surface area contributed by atoms with Gasteiger partial charge in [-0.1, -0.05) is 0 Å². The summed E-state index contributed by atoms with van der Waals surface area (Å²) in [5, 5.41) is 0. The lowest BCUT2D eigenvalue weighted by atomic mass is 10.4. The fourth-order valence-electron chi connectivity index (χ4n) is 0.968. The highest BCUT2D eigenvalue weighted by Gasteiger charge is 2.29. The first kappa shape index (κ1) is 10.3. The SMILES string of the molecule is NC(N)(COCC1CO1)OCC1CO1. The quantitative estimate of drug-likeness (QED) is 0.382. The second-order valence-electron chi connectivity index (χ2n) is 3.69. The van der Waals surface area contributed by atoms with Crippen molar-refractivity contribution in [2.45, 2.75) is 18.1 Å². The number of nitrogens with two attached hydrogens (primary N) is 2. The van der Waals surface area contributed by atoms with Crippen LogP contribution in [0.5, 0.6) is 0 Å². The zero-order chi connectivity index (χ0) is 10.0. The Kier molecular flexibility index (Phi) is 3.01. The topological polar surface area (TPSA) is 95.6 Å². The Hall–Kier alpha value is -0.240. The van der Waals surface area contributed by atoms with E-state index in [-0.39, 0.29) is 18.8 Å². The van der Waals surface area contributed by atoms with E-state index < -0.39 is 5.85 Å². The Balaban J connectivity index is 1.54. The van der Waals surface area contributed by atoms with Gasteiger partial charge in [-0.15, -0.1) is 0 Å². The highest BCUT2D eigenvalue weighted by Crippen LogP contribution is 2.12. The molecule has 0 aromatic rings. The highest BCUT2D eigenvalue weighted by atomic mass is 16.6. The van der Waals surface area contributed by atoms with Crippen LogP contribution in [0.3, 0.4) is 0 Å². The summed E-state index contributed by atoms with van der Waals surface area (Å²) < 4.78 is 20.4. The van der Waals surface area contributed by atoms with Crippen molar-refractivity contribution in [2.24, 2.45) is 11.5 Å². The van der Waals surface area contributed by atoms with Gasteiger partial charge in [-0.25, -0.2) is 0 Å². The van der Waals surface area contributed by atoms with E-state index in [0.29, 0.717) is 13.2 Å². The fourth-order valence-corrected chi connectivity index (χ4v) is 0.968. The minimum atomic E-state index is -1.22. The molecule has 2 fully saturated rings. The standard InChI is InChI=1S/C8H16N2O4/c9-8(10,14-4-7-3-13-7)5-11-1-6-2-12-6/h6-7H,1-5,9-10H2. The summed E-state index contributed by atoms with van der Waals surface area (Å²) in [6, 6.07) is 0. The maximum atomic E-state index is 5.63. The minimum Gasteiger partial charge on any atom is -0.373 e. The molecule has 0 spiro atoms. The molecule has 6 nitrogen and oxygen atoms in total. The maximum absolute atomic E-state index is 5.63. The Bertz CT molecular complexity index is 192. The Labute approximate surface area is 82.4 Å². The number of rotatable bonds is 7. The molecule has 0 amide bonds. The molecule has 2 atom stereocenters. The molecule has 14 heavy (non-hydrogen) atoms. The van der Waals surface area contributed by atoms with Gasteiger partial charge < -0.3 is 18.9 Å². The first-order chi connectivity index (χ1) is 6.66. The van der Waals surface area contributed by atoms with E-state index >= 15 is 0 Å². The largest absolute Gasteiger partial charge is 0.373 e. The van der Waals surface area contributed by atoms with E-state index in [1.54, 1.807) is 0 Å². The third kappa shape index (κ3) is 3.87. The molecule has 2 aliphatic heterocycles. The summed E-state index contributed by atoms with van der Waals surface area (Å²) in [6.07, 6.45) is 0.380. The predicted octanol–water partition coefficient (Wildman–Crippen LogP) is -1.61. The van der Waals surface area contributed by atoms with Gasteiger partial charge in [0.05, 0.1) is 26.4 Å². The third-order valence-corrected chi connectivity index (χ3v) is 1.97. The van der Waals surface area contributed by atoms with E-state index in [4.69, 9.17) is 30.4 Å². The summed E-state index contributed by atoms with van der Waals surface area (Å²) in [6.45, 7) is 2.61. The molecule has 82 valence electrons. The maximum Gasteiger partial charge on any atom is 0.193 e. The van der Waals surface area contributed by atoms with Crippen molar-refractivity contribution >= 4 is 0 Å². The average molecular weight is 204 g/mol. The van der Waals surface area contributed by atoms with Gasteiger partial charge >= 0.3 is 0 Å². The van der Waals surface area contributed by atoms with Crippen molar-refractivity contribution in [3.8, 4) is 0 Å². The Morgan fingerprint density at radius 2 is 1.71 bits per heavy atom. The van der Waals surface area contributed by atoms with Crippen LogP contribution in [0.4, 0.5) is 0 Å². The molecule has 2 aliphatic rings. The van der Waals surface area contributed by atoms with Crippen LogP contribution in [-0.4, -0.2) is 51.1 Å². The normalized spacial score (nSPS) is 30.4. The molecule has 0 aliphatic carbocycles. The van der Waals surface area contributed by atoms with E-state index in [9.17, 15) is 0 Å². The molecule has 6 heteroatoms. The van der Waals surface area contributed by atoms with E-state index in [2.05, 4.69) is 0 Å². The van der Waals surface area contributed by atoms with Crippen LogP contribution >= 0.6 is 0 Å². The van der Waals surface area contributed by atoms with E-state index in [0.717, 1.165) is 13.2 Å². The lowest BCUT2D eigenvalue weighted by Gasteiger charge is -2.24. The van der Waals surface area contributed by atoms with Crippen LogP contribution in [0, 0.1) is 0 Å². The van der Waals surface area contributed by atoms with E-state index in [1.807, 2.05) is 0 Å². The van der Waals surface area contributed by atoms with Crippen molar-refractivity contribution in [3.63, 3.8) is 0 Å². The van der Waals surface area contributed by atoms with Crippen molar-refractivity contribution in [3.05, 3.63) is 0 Å². The van der Waals surface area contributed by atoms with Crippen molar-refractivity contribution < 1.29 is 18.9 Å². The monoisotopic (exact) mass is 204 g/mol. The van der Waals surface area contributed by atoms with Crippen LogP contribution in [0.1, 0.15) is 0 Å². The van der Waals surface area contributed by atoms with Gasteiger partial charge in [-0.3, -0.25) is 11.5 Å². The van der Waals surface area contributed by atoms with Crippen LogP contribution in [0.2, 0.25) is 0 Å². The summed E-state index contributed by atoms with van der Waals surface area (Å²) >= 11 is 0. The van der Waals surface area contributed by atoms with Gasteiger partial charge in [0.2, 0.25) is 0 Å². The lowest BCUT2D eigenvalue weighted by Crippen LogP contribution is -2.56. The summed E-state index contributed by atoms with van der Waals surface area (Å²) in [4.78, 5) is 0. The minimum absolute atomic E-state index is 0.160. The molecule has 0 aromatic carbocycles. The first-order valence-electron chi connectivity index (χ1n) is 4.68. The van der Waals surface area contributed by atoms with Gasteiger partial charge in [0.1, 0.15) is 18.8 Å². The highest BCUT2D eigenvalue weighted by molar-refractivity contribution is 4.73. The van der Waals surface area contributed by atoms with Crippen molar-refractivity contribution in [1.29, 1.82) is 0 Å². The molecular weight excluding hydrogens is 188 g/mol. The van der Waals surface area contributed by atoms with Crippen LogP contribution in [0.25, 0.3) is 0 Å². The summed E-state index contributed by atoms with van der Waals surface area (Å²) in [5.74, 6) is -1.22. The number of ether oxygens (including phenoxy) is 4. The Morgan fingerprint density at radius 1 is 1.14 bits per heavy atom. The van der Waals surface area contributed by atoms with Gasteiger partial charge in [0, 0.05) is 0 Å². The van der Waals surface area contributed by atoms with Crippen molar-refractivity contribution in [2.75, 3.05) is 33.0 Å². The average Bonchev–Trinajstić information content (AvgIpc) is 2.97. The smallest absolute Gasteiger partial charge is 0.193 e. The Morgan fingerprint density at radius 3 is 2.29 bits per heavy atom. The van der Waals surface area contributed by atoms with Crippen LogP contribution in [0.15, 0.2) is 0 Å². The molecule has 0 bridgehead atoms. The molecule has 0 radical (unpaired) electrons. The molecule has 2 saturated heterocycles. The number of epoxide rings is 2. The van der Waals surface area contributed by atoms with Crippen LogP contribution in [-0.2, 0) is 18.9 Å². The molecule has 2 unspecified atom stereocenters. The molecule has 4 N–H and O–H groups in total. The lowest BCUT2D eigenvalue weighted by molar-refractivity contribution is -0.0959. The van der Waals surface area contributed by atoms with Gasteiger partial charge in [-0.05, 0) is 0 Å². The molecule has 2 heterocycles. The van der Waals surface area contributed by atoms with Crippen molar-refractivity contribution in [1.82, 2.24) is 0 Å². The van der Waals surface area contributed by atoms with E-state index in [1.165, 1.54) is 0 Å².